The van der Waals surface area contributed by atoms with Crippen LogP contribution in [-0.2, 0) is 6.61 Å². The number of hydrogen-bond donors (Lipinski definition) is 2. The fourth-order valence-corrected chi connectivity index (χ4v) is 3.22. The first kappa shape index (κ1) is 21.3. The molecule has 0 fully saturated rings. The van der Waals surface area contributed by atoms with E-state index in [0.717, 1.165) is 11.6 Å². The zero-order valence-electron chi connectivity index (χ0n) is 16.9. The van der Waals surface area contributed by atoms with E-state index in [2.05, 4.69) is 15.6 Å². The third-order valence-electron chi connectivity index (χ3n) is 4.55. The molecule has 162 valence electrons. The van der Waals surface area contributed by atoms with E-state index in [1.54, 1.807) is 36.5 Å². The highest BCUT2D eigenvalue weighted by molar-refractivity contribution is 6.31. The molecule has 0 unspecified atom stereocenters. The van der Waals surface area contributed by atoms with Gasteiger partial charge in [0.2, 0.25) is 0 Å². The second-order valence-electron chi connectivity index (χ2n) is 7.01. The van der Waals surface area contributed by atoms with Crippen LogP contribution in [0.4, 0.5) is 20.6 Å². The van der Waals surface area contributed by atoms with E-state index in [-0.39, 0.29) is 17.2 Å². The quantitative estimate of drug-likeness (QED) is 0.445. The molecule has 0 radical (unpaired) electrons. The van der Waals surface area contributed by atoms with Crippen LogP contribution in [0.1, 0.15) is 11.3 Å². The smallest absolute Gasteiger partial charge is 0.323 e. The van der Waals surface area contributed by atoms with Gasteiger partial charge in [0.25, 0.3) is 5.56 Å². The predicted molar refractivity (Wildman–Crippen MR) is 121 cm³/mol. The lowest BCUT2D eigenvalue weighted by Gasteiger charge is -2.13. The first-order chi connectivity index (χ1) is 15.4. The summed E-state index contributed by atoms with van der Waals surface area (Å²) in [6.07, 6.45) is 1.72. The van der Waals surface area contributed by atoms with Crippen molar-refractivity contribution in [3.05, 3.63) is 99.3 Å². The minimum absolute atomic E-state index is 0.0352. The number of aromatic nitrogens is 2. The van der Waals surface area contributed by atoms with Gasteiger partial charge in [-0.15, -0.1) is 0 Å². The summed E-state index contributed by atoms with van der Waals surface area (Å²) in [4.78, 5) is 29.2. The van der Waals surface area contributed by atoms with Crippen LogP contribution in [0.3, 0.4) is 0 Å². The number of fused-ring (bicyclic) bond motifs is 1. The highest BCUT2D eigenvalue weighted by Gasteiger charge is 2.10. The number of aryl methyl sites for hydroxylation is 1. The lowest BCUT2D eigenvalue weighted by molar-refractivity contribution is 0.261. The van der Waals surface area contributed by atoms with Crippen LogP contribution in [0, 0.1) is 12.7 Å². The minimum Gasteiger partial charge on any atom is -0.485 e. The molecule has 2 aromatic heterocycles. The summed E-state index contributed by atoms with van der Waals surface area (Å²) >= 11 is 5.74. The van der Waals surface area contributed by atoms with Gasteiger partial charge >= 0.3 is 6.03 Å². The Balaban J connectivity index is 1.47. The number of benzene rings is 2. The number of rotatable bonds is 5. The number of hydrogen-bond acceptors (Lipinski definition) is 4. The summed E-state index contributed by atoms with van der Waals surface area (Å²) in [5.74, 6) is -0.181. The molecule has 0 aliphatic carbocycles. The highest BCUT2D eigenvalue weighted by Crippen LogP contribution is 2.25. The van der Waals surface area contributed by atoms with Crippen molar-refractivity contribution in [2.24, 2.45) is 0 Å². The van der Waals surface area contributed by atoms with E-state index < -0.39 is 11.8 Å². The van der Waals surface area contributed by atoms with Gasteiger partial charge in [0.15, 0.2) is 0 Å². The van der Waals surface area contributed by atoms with Gasteiger partial charge in [-0.25, -0.2) is 14.2 Å². The molecule has 0 saturated carbocycles. The molecular formula is C23H18ClFN4O3. The van der Waals surface area contributed by atoms with Crippen LogP contribution in [0.15, 0.2) is 71.7 Å². The number of halogens is 2. The molecule has 9 heteroatoms. The summed E-state index contributed by atoms with van der Waals surface area (Å²) in [7, 11) is 0. The maximum Gasteiger partial charge on any atom is 0.323 e. The van der Waals surface area contributed by atoms with E-state index in [1.165, 1.54) is 22.6 Å². The number of carbonyl (C=O) groups excluding carboxylic acids is 1. The van der Waals surface area contributed by atoms with E-state index in [1.807, 2.05) is 13.0 Å². The summed E-state index contributed by atoms with van der Waals surface area (Å²) in [6, 6.07) is 15.2. The van der Waals surface area contributed by atoms with Crippen molar-refractivity contribution in [1.82, 2.24) is 9.38 Å². The molecule has 7 nitrogen and oxygen atoms in total. The number of nitrogens with one attached hydrogen (secondary N) is 2. The average Bonchev–Trinajstić information content (AvgIpc) is 2.76. The lowest BCUT2D eigenvalue weighted by atomic mass is 10.3. The van der Waals surface area contributed by atoms with Crippen molar-refractivity contribution in [3.63, 3.8) is 0 Å². The zero-order chi connectivity index (χ0) is 22.7. The van der Waals surface area contributed by atoms with Gasteiger partial charge in [0.05, 0.1) is 16.4 Å². The third-order valence-corrected chi connectivity index (χ3v) is 4.84. The fraction of sp³-hybridized carbons (Fsp3) is 0.0870. The first-order valence-corrected chi connectivity index (χ1v) is 10.0. The average molecular weight is 453 g/mol. The van der Waals surface area contributed by atoms with E-state index in [4.69, 9.17) is 16.3 Å². The summed E-state index contributed by atoms with van der Waals surface area (Å²) in [5.41, 5.74) is 2.46. The predicted octanol–water partition coefficient (Wildman–Crippen LogP) is 5.02. The molecule has 0 bridgehead atoms. The van der Waals surface area contributed by atoms with Crippen LogP contribution >= 0.6 is 11.6 Å². The van der Waals surface area contributed by atoms with Crippen LogP contribution in [0.2, 0.25) is 5.02 Å². The van der Waals surface area contributed by atoms with Crippen molar-refractivity contribution in [3.8, 4) is 5.75 Å². The van der Waals surface area contributed by atoms with Gasteiger partial charge in [-0.3, -0.25) is 9.20 Å². The highest BCUT2D eigenvalue weighted by atomic mass is 35.5. The van der Waals surface area contributed by atoms with Crippen LogP contribution in [0.25, 0.3) is 5.65 Å². The Kier molecular flexibility index (Phi) is 6.04. The van der Waals surface area contributed by atoms with Crippen molar-refractivity contribution in [2.45, 2.75) is 13.5 Å². The molecule has 2 aromatic carbocycles. The molecule has 0 atom stereocenters. The molecule has 2 heterocycles. The molecule has 0 saturated heterocycles. The molecule has 0 spiro atoms. The second-order valence-corrected chi connectivity index (χ2v) is 7.42. The number of urea groups is 1. The Morgan fingerprint density at radius 1 is 1.12 bits per heavy atom. The molecule has 2 N–H and O–H groups in total. The Hall–Kier alpha value is -3.91. The summed E-state index contributed by atoms with van der Waals surface area (Å²) < 4.78 is 20.6. The van der Waals surface area contributed by atoms with Crippen molar-refractivity contribution < 1.29 is 13.9 Å². The van der Waals surface area contributed by atoms with E-state index in [9.17, 15) is 14.0 Å². The van der Waals surface area contributed by atoms with Gasteiger partial charge < -0.3 is 15.4 Å². The number of carbonyl (C=O) groups is 1. The molecule has 4 aromatic rings. The molecule has 0 aliphatic rings. The number of pyridine rings is 1. The third kappa shape index (κ3) is 4.87. The Morgan fingerprint density at radius 3 is 2.75 bits per heavy atom. The van der Waals surface area contributed by atoms with Crippen LogP contribution in [0.5, 0.6) is 5.75 Å². The molecule has 2 amide bonds. The topological polar surface area (TPSA) is 84.7 Å². The molecule has 4 rings (SSSR count). The number of amides is 2. The monoisotopic (exact) mass is 452 g/mol. The Morgan fingerprint density at radius 2 is 1.94 bits per heavy atom. The SMILES string of the molecule is Cc1ccc2nc(COc3ccccc3NC(=O)Nc3ccc(F)c(Cl)c3)cc(=O)n2c1. The number of anilines is 2. The molecule has 0 aliphatic heterocycles. The number of ether oxygens (including phenoxy) is 1. The van der Waals surface area contributed by atoms with Gasteiger partial charge in [-0.2, -0.15) is 0 Å². The number of nitrogens with zero attached hydrogens (tertiary/aromatic N) is 2. The maximum atomic E-state index is 13.3. The normalized spacial score (nSPS) is 10.7. The maximum absolute atomic E-state index is 13.3. The summed E-state index contributed by atoms with van der Waals surface area (Å²) in [5, 5.41) is 5.16. The zero-order valence-corrected chi connectivity index (χ0v) is 17.7. The van der Waals surface area contributed by atoms with Gasteiger partial charge in [-0.1, -0.05) is 29.8 Å². The fourth-order valence-electron chi connectivity index (χ4n) is 3.04. The Labute approximate surface area is 187 Å². The second kappa shape index (κ2) is 9.07. The van der Waals surface area contributed by atoms with E-state index >= 15 is 0 Å². The lowest BCUT2D eigenvalue weighted by Crippen LogP contribution is -2.20. The van der Waals surface area contributed by atoms with E-state index in [0.29, 0.717) is 28.5 Å². The van der Waals surface area contributed by atoms with Crippen molar-refractivity contribution >= 4 is 34.7 Å². The minimum atomic E-state index is -0.576. The van der Waals surface area contributed by atoms with Crippen molar-refractivity contribution in [2.75, 3.05) is 10.6 Å². The largest absolute Gasteiger partial charge is 0.485 e. The molecule has 32 heavy (non-hydrogen) atoms. The number of para-hydroxylation sites is 2. The summed E-state index contributed by atoms with van der Waals surface area (Å²) in [6.45, 7) is 1.93. The van der Waals surface area contributed by atoms with Gasteiger partial charge in [0.1, 0.15) is 23.8 Å². The van der Waals surface area contributed by atoms with Crippen molar-refractivity contribution in [1.29, 1.82) is 0 Å². The van der Waals surface area contributed by atoms with Gasteiger partial charge in [0, 0.05) is 18.0 Å². The van der Waals surface area contributed by atoms with Gasteiger partial charge in [-0.05, 0) is 48.9 Å². The molecular weight excluding hydrogens is 435 g/mol. The first-order valence-electron chi connectivity index (χ1n) is 9.63. The standard InChI is InChI=1S/C23H18ClFN4O3/c1-14-6-9-21-26-16(11-22(30)29(21)12-14)13-32-20-5-3-2-4-19(20)28-23(31)27-15-7-8-18(25)17(24)10-15/h2-12H,13H2,1H3,(H2,27,28,31). The van der Waals surface area contributed by atoms with Crippen LogP contribution < -0.4 is 20.9 Å². The Bertz CT molecular complexity index is 1370. The van der Waals surface area contributed by atoms with Crippen LogP contribution in [-0.4, -0.2) is 15.4 Å².